The number of rotatable bonds is 2. The number of para-hydroxylation sites is 1. The van der Waals surface area contributed by atoms with Gasteiger partial charge in [0.1, 0.15) is 6.54 Å². The zero-order valence-corrected chi connectivity index (χ0v) is 14.3. The lowest BCUT2D eigenvalue weighted by Gasteiger charge is -2.40. The van der Waals surface area contributed by atoms with Crippen molar-refractivity contribution in [2.24, 2.45) is 0 Å². The normalized spacial score (nSPS) is 23.6. The molecule has 1 atom stereocenters. The summed E-state index contributed by atoms with van der Waals surface area (Å²) in [5.74, 6) is 0.117. The van der Waals surface area contributed by atoms with Crippen LogP contribution in [0.5, 0.6) is 0 Å². The van der Waals surface area contributed by atoms with E-state index in [-0.39, 0.29) is 29.8 Å². The molecule has 0 aliphatic carbocycles. The van der Waals surface area contributed by atoms with Crippen LogP contribution in [0, 0.1) is 0 Å². The number of anilines is 1. The molecule has 0 saturated carbocycles. The number of fused-ring (bicyclic) bond motifs is 1. The number of carbonyl (C=O) groups is 2. The highest BCUT2D eigenvalue weighted by Crippen LogP contribution is 2.39. The summed E-state index contributed by atoms with van der Waals surface area (Å²) in [6, 6.07) is 8.25. The quantitative estimate of drug-likeness (QED) is 0.841. The lowest BCUT2D eigenvalue weighted by Crippen LogP contribution is -2.50. The summed E-state index contributed by atoms with van der Waals surface area (Å²) in [7, 11) is 0. The van der Waals surface area contributed by atoms with Crippen LogP contribution >= 0.6 is 0 Å². The van der Waals surface area contributed by atoms with Crippen LogP contribution in [-0.4, -0.2) is 35.8 Å². The third kappa shape index (κ3) is 2.99. The van der Waals surface area contributed by atoms with Crippen molar-refractivity contribution >= 4 is 17.5 Å². The number of carbonyl (C=O) groups excluding carboxylic acids is 2. The molecule has 23 heavy (non-hydrogen) atoms. The molecule has 4 heteroatoms. The molecule has 1 fully saturated rings. The SMILES string of the molecule is C[C@H]1CCCCN1C(=O)CN1C(=O)CC(C)(C)c2ccccc21. The summed E-state index contributed by atoms with van der Waals surface area (Å²) < 4.78 is 0. The fourth-order valence-corrected chi connectivity index (χ4v) is 3.85. The number of likely N-dealkylation sites (tertiary alicyclic amines) is 1. The van der Waals surface area contributed by atoms with E-state index in [0.717, 1.165) is 30.6 Å². The van der Waals surface area contributed by atoms with E-state index in [4.69, 9.17) is 0 Å². The molecule has 0 aromatic heterocycles. The van der Waals surface area contributed by atoms with Gasteiger partial charge in [-0.25, -0.2) is 0 Å². The lowest BCUT2D eigenvalue weighted by molar-refractivity contribution is -0.134. The first kappa shape index (κ1) is 16.0. The summed E-state index contributed by atoms with van der Waals surface area (Å²) in [6.45, 7) is 7.27. The van der Waals surface area contributed by atoms with Crippen molar-refractivity contribution in [3.8, 4) is 0 Å². The van der Waals surface area contributed by atoms with Gasteiger partial charge >= 0.3 is 0 Å². The third-order valence-electron chi connectivity index (χ3n) is 5.23. The Morgan fingerprint density at radius 2 is 2.00 bits per heavy atom. The Morgan fingerprint density at radius 3 is 2.74 bits per heavy atom. The predicted octanol–water partition coefficient (Wildman–Crippen LogP) is 3.10. The fraction of sp³-hybridized carbons (Fsp3) is 0.579. The van der Waals surface area contributed by atoms with Gasteiger partial charge < -0.3 is 9.80 Å². The van der Waals surface area contributed by atoms with Gasteiger partial charge in [-0.3, -0.25) is 9.59 Å². The van der Waals surface area contributed by atoms with Crippen LogP contribution < -0.4 is 4.90 Å². The standard InChI is InChI=1S/C19H26N2O2/c1-14-8-6-7-11-20(14)18(23)13-21-16-10-5-4-9-15(16)19(2,3)12-17(21)22/h4-5,9-10,14H,6-8,11-13H2,1-3H3/t14-/m0/s1. The van der Waals surface area contributed by atoms with Crippen LogP contribution in [0.1, 0.15) is 52.0 Å². The Bertz CT molecular complexity index is 624. The number of piperidine rings is 1. The molecule has 2 amide bonds. The van der Waals surface area contributed by atoms with E-state index in [1.807, 2.05) is 23.1 Å². The number of hydrogen-bond acceptors (Lipinski definition) is 2. The maximum absolute atomic E-state index is 12.7. The van der Waals surface area contributed by atoms with Crippen LogP contribution in [-0.2, 0) is 15.0 Å². The molecule has 0 spiro atoms. The molecule has 0 N–H and O–H groups in total. The molecule has 2 heterocycles. The number of benzene rings is 1. The van der Waals surface area contributed by atoms with Gasteiger partial charge in [0.25, 0.3) is 0 Å². The first-order valence-electron chi connectivity index (χ1n) is 8.59. The van der Waals surface area contributed by atoms with Crippen LogP contribution in [0.25, 0.3) is 0 Å². The van der Waals surface area contributed by atoms with Gasteiger partial charge in [-0.15, -0.1) is 0 Å². The Kier molecular flexibility index (Phi) is 4.17. The highest BCUT2D eigenvalue weighted by Gasteiger charge is 2.38. The van der Waals surface area contributed by atoms with Gasteiger partial charge in [0.15, 0.2) is 0 Å². The Morgan fingerprint density at radius 1 is 1.26 bits per heavy atom. The van der Waals surface area contributed by atoms with E-state index in [9.17, 15) is 9.59 Å². The lowest BCUT2D eigenvalue weighted by atomic mass is 9.77. The van der Waals surface area contributed by atoms with Crippen LogP contribution in [0.15, 0.2) is 24.3 Å². The van der Waals surface area contributed by atoms with E-state index in [1.165, 1.54) is 6.42 Å². The van der Waals surface area contributed by atoms with Crippen LogP contribution in [0.2, 0.25) is 0 Å². The van der Waals surface area contributed by atoms with Gasteiger partial charge in [0.2, 0.25) is 11.8 Å². The summed E-state index contributed by atoms with van der Waals surface area (Å²) in [5, 5.41) is 0. The van der Waals surface area contributed by atoms with Crippen LogP contribution in [0.4, 0.5) is 5.69 Å². The fourth-order valence-electron chi connectivity index (χ4n) is 3.85. The molecule has 1 saturated heterocycles. The highest BCUT2D eigenvalue weighted by molar-refractivity contribution is 6.02. The van der Waals surface area contributed by atoms with E-state index in [2.05, 4.69) is 26.8 Å². The zero-order valence-electron chi connectivity index (χ0n) is 14.3. The van der Waals surface area contributed by atoms with Gasteiger partial charge in [-0.05, 0) is 37.8 Å². The smallest absolute Gasteiger partial charge is 0.242 e. The summed E-state index contributed by atoms with van der Waals surface area (Å²) in [6.07, 6.45) is 3.76. The van der Waals surface area contributed by atoms with Crippen molar-refractivity contribution in [2.45, 2.75) is 57.9 Å². The molecule has 0 radical (unpaired) electrons. The Labute approximate surface area is 138 Å². The zero-order chi connectivity index (χ0) is 16.6. The van der Waals surface area contributed by atoms with Gasteiger partial charge in [0, 0.05) is 30.1 Å². The topological polar surface area (TPSA) is 40.6 Å². The second-order valence-electron chi connectivity index (χ2n) is 7.49. The summed E-state index contributed by atoms with van der Waals surface area (Å²) in [5.41, 5.74) is 1.87. The molecule has 0 unspecified atom stereocenters. The second kappa shape index (κ2) is 5.99. The van der Waals surface area contributed by atoms with Gasteiger partial charge in [-0.2, -0.15) is 0 Å². The number of nitrogens with zero attached hydrogens (tertiary/aromatic N) is 2. The first-order chi connectivity index (χ1) is 10.9. The third-order valence-corrected chi connectivity index (χ3v) is 5.23. The van der Waals surface area contributed by atoms with E-state index in [0.29, 0.717) is 6.42 Å². The number of hydrogen-bond donors (Lipinski definition) is 0. The monoisotopic (exact) mass is 314 g/mol. The van der Waals surface area contributed by atoms with E-state index < -0.39 is 0 Å². The molecule has 2 aliphatic rings. The molecular formula is C19H26N2O2. The molecule has 1 aromatic rings. The van der Waals surface area contributed by atoms with E-state index >= 15 is 0 Å². The maximum atomic E-state index is 12.7. The van der Waals surface area contributed by atoms with Gasteiger partial charge in [0.05, 0.1) is 0 Å². The van der Waals surface area contributed by atoms with Crippen molar-refractivity contribution in [3.05, 3.63) is 29.8 Å². The largest absolute Gasteiger partial charge is 0.338 e. The second-order valence-corrected chi connectivity index (χ2v) is 7.49. The average Bonchev–Trinajstić information content (AvgIpc) is 2.51. The van der Waals surface area contributed by atoms with Crippen molar-refractivity contribution < 1.29 is 9.59 Å². The Hall–Kier alpha value is -1.84. The van der Waals surface area contributed by atoms with Crippen LogP contribution in [0.3, 0.4) is 0 Å². The minimum atomic E-state index is -0.175. The predicted molar refractivity (Wildman–Crippen MR) is 91.5 cm³/mol. The number of amides is 2. The van der Waals surface area contributed by atoms with Crippen molar-refractivity contribution in [1.29, 1.82) is 0 Å². The molecule has 1 aromatic carbocycles. The molecule has 3 rings (SSSR count). The minimum Gasteiger partial charge on any atom is -0.338 e. The van der Waals surface area contributed by atoms with Crippen molar-refractivity contribution in [3.63, 3.8) is 0 Å². The van der Waals surface area contributed by atoms with Crippen molar-refractivity contribution in [1.82, 2.24) is 4.90 Å². The molecule has 2 aliphatic heterocycles. The summed E-state index contributed by atoms with van der Waals surface area (Å²) in [4.78, 5) is 29.0. The van der Waals surface area contributed by atoms with Crippen molar-refractivity contribution in [2.75, 3.05) is 18.0 Å². The molecule has 4 nitrogen and oxygen atoms in total. The molecular weight excluding hydrogens is 288 g/mol. The van der Waals surface area contributed by atoms with Gasteiger partial charge in [-0.1, -0.05) is 32.0 Å². The minimum absolute atomic E-state index is 0.0479. The molecule has 0 bridgehead atoms. The average molecular weight is 314 g/mol. The first-order valence-corrected chi connectivity index (χ1v) is 8.59. The van der Waals surface area contributed by atoms with E-state index in [1.54, 1.807) is 4.90 Å². The molecule has 124 valence electrons. The maximum Gasteiger partial charge on any atom is 0.242 e. The summed E-state index contributed by atoms with van der Waals surface area (Å²) >= 11 is 0. The Balaban J connectivity index is 1.85. The highest BCUT2D eigenvalue weighted by atomic mass is 16.2.